The van der Waals surface area contributed by atoms with Crippen LogP contribution in [0.4, 0.5) is 10.8 Å². The zero-order chi connectivity index (χ0) is 15.4. The number of carbonyl (C=O) groups excluding carboxylic acids is 2. The molecule has 0 spiro atoms. The summed E-state index contributed by atoms with van der Waals surface area (Å²) in [5, 5.41) is 2.21. The van der Waals surface area contributed by atoms with Gasteiger partial charge < -0.3 is 0 Å². The molecule has 0 N–H and O–H groups in total. The highest BCUT2D eigenvalue weighted by Crippen LogP contribution is 2.34. The normalized spacial score (nSPS) is 10.4. The number of hydrogen-bond acceptors (Lipinski definition) is 4. The average molecular weight is 302 g/mol. The summed E-state index contributed by atoms with van der Waals surface area (Å²) in [7, 11) is 0. The first-order valence-corrected chi connectivity index (χ1v) is 7.82. The fraction of sp³-hybridized carbons (Fsp3) is 0.312. The predicted octanol–water partition coefficient (Wildman–Crippen LogP) is 3.77. The van der Waals surface area contributed by atoms with Gasteiger partial charge in [-0.3, -0.25) is 14.5 Å². The first kappa shape index (κ1) is 15.4. The van der Waals surface area contributed by atoms with E-state index in [9.17, 15) is 9.59 Å². The molecule has 0 saturated heterocycles. The van der Waals surface area contributed by atoms with Gasteiger partial charge in [0.25, 0.3) is 0 Å². The van der Waals surface area contributed by atoms with Gasteiger partial charge in [0.2, 0.25) is 5.91 Å². The van der Waals surface area contributed by atoms with Gasteiger partial charge in [-0.25, -0.2) is 4.98 Å². The van der Waals surface area contributed by atoms with Crippen LogP contribution in [0, 0.1) is 0 Å². The summed E-state index contributed by atoms with van der Waals surface area (Å²) in [5.74, 6) is -0.0996. The molecule has 0 saturated carbocycles. The van der Waals surface area contributed by atoms with Crippen molar-refractivity contribution in [2.45, 2.75) is 33.6 Å². The van der Waals surface area contributed by atoms with E-state index < -0.39 is 0 Å². The van der Waals surface area contributed by atoms with Gasteiger partial charge in [0.1, 0.15) is 5.69 Å². The number of thiazole rings is 1. The summed E-state index contributed by atoms with van der Waals surface area (Å²) in [6.07, 6.45) is 2.36. The molecule has 1 aromatic heterocycles. The minimum absolute atomic E-state index is 0.0996. The summed E-state index contributed by atoms with van der Waals surface area (Å²) >= 11 is 1.31. The molecule has 110 valence electrons. The third-order valence-corrected chi connectivity index (χ3v) is 4.17. The van der Waals surface area contributed by atoms with Crippen molar-refractivity contribution >= 4 is 34.3 Å². The number of rotatable bonds is 5. The van der Waals surface area contributed by atoms with Gasteiger partial charge in [-0.15, -0.1) is 11.3 Å². The summed E-state index contributed by atoms with van der Waals surface area (Å²) < 4.78 is 0. The van der Waals surface area contributed by atoms with Crippen molar-refractivity contribution in [3.05, 3.63) is 40.4 Å². The van der Waals surface area contributed by atoms with E-state index in [2.05, 4.69) is 18.8 Å². The molecule has 0 aliphatic heterocycles. The number of aromatic nitrogens is 1. The lowest BCUT2D eigenvalue weighted by atomic mass is 10.0. The Labute approximate surface area is 128 Å². The number of benzene rings is 1. The lowest BCUT2D eigenvalue weighted by Gasteiger charge is -2.24. The molecule has 1 aromatic carbocycles. The van der Waals surface area contributed by atoms with Crippen LogP contribution in [0.2, 0.25) is 0 Å². The molecule has 5 heteroatoms. The molecular weight excluding hydrogens is 284 g/mol. The molecule has 0 radical (unpaired) electrons. The first-order valence-electron chi connectivity index (χ1n) is 6.94. The third-order valence-electron chi connectivity index (χ3n) is 3.33. The minimum atomic E-state index is -0.0996. The Hall–Kier alpha value is -2.01. The third kappa shape index (κ3) is 3.03. The molecule has 0 aliphatic rings. The van der Waals surface area contributed by atoms with Crippen LogP contribution in [-0.2, 0) is 17.6 Å². The highest BCUT2D eigenvalue weighted by Gasteiger charge is 2.22. The first-order chi connectivity index (χ1) is 10.1. The van der Waals surface area contributed by atoms with Gasteiger partial charge >= 0.3 is 0 Å². The van der Waals surface area contributed by atoms with Crippen molar-refractivity contribution in [3.8, 4) is 0 Å². The topological polar surface area (TPSA) is 50.3 Å². The van der Waals surface area contributed by atoms with Crippen molar-refractivity contribution in [2.75, 3.05) is 4.90 Å². The second-order valence-electron chi connectivity index (χ2n) is 4.66. The van der Waals surface area contributed by atoms with Crippen LogP contribution in [0.25, 0.3) is 0 Å². The molecule has 0 fully saturated rings. The Balaban J connectivity index is 2.62. The number of para-hydroxylation sites is 1. The zero-order valence-corrected chi connectivity index (χ0v) is 13.2. The fourth-order valence-corrected chi connectivity index (χ4v) is 3.14. The molecule has 1 heterocycles. The Morgan fingerprint density at radius 3 is 2.33 bits per heavy atom. The van der Waals surface area contributed by atoms with Crippen LogP contribution >= 0.6 is 11.3 Å². The quantitative estimate of drug-likeness (QED) is 0.790. The molecule has 0 bridgehead atoms. The van der Waals surface area contributed by atoms with Crippen molar-refractivity contribution in [2.24, 2.45) is 0 Å². The molecule has 1 amide bonds. The Morgan fingerprint density at radius 2 is 1.90 bits per heavy atom. The number of hydrogen-bond donors (Lipinski definition) is 0. The molecule has 0 unspecified atom stereocenters. The number of anilines is 2. The van der Waals surface area contributed by atoms with E-state index in [1.54, 1.807) is 10.3 Å². The average Bonchev–Trinajstić information content (AvgIpc) is 2.95. The lowest BCUT2D eigenvalue weighted by molar-refractivity contribution is -0.115. The number of aldehydes is 1. The maximum absolute atomic E-state index is 12.2. The zero-order valence-electron chi connectivity index (χ0n) is 12.4. The molecule has 2 rings (SSSR count). The van der Waals surface area contributed by atoms with Crippen molar-refractivity contribution in [3.63, 3.8) is 0 Å². The highest BCUT2D eigenvalue weighted by molar-refractivity contribution is 7.14. The second-order valence-corrected chi connectivity index (χ2v) is 5.50. The van der Waals surface area contributed by atoms with E-state index >= 15 is 0 Å². The largest absolute Gasteiger partial charge is 0.296 e. The van der Waals surface area contributed by atoms with Gasteiger partial charge in [-0.1, -0.05) is 32.0 Å². The van der Waals surface area contributed by atoms with E-state index in [0.29, 0.717) is 17.1 Å². The summed E-state index contributed by atoms with van der Waals surface area (Å²) in [4.78, 5) is 28.9. The maximum atomic E-state index is 12.2. The molecule has 0 atom stereocenters. The Morgan fingerprint density at radius 1 is 1.29 bits per heavy atom. The fourth-order valence-electron chi connectivity index (χ4n) is 2.32. The number of aryl methyl sites for hydroxylation is 2. The Bertz CT molecular complexity index is 642. The second kappa shape index (κ2) is 6.63. The van der Waals surface area contributed by atoms with Gasteiger partial charge in [0.05, 0.1) is 5.69 Å². The summed E-state index contributed by atoms with van der Waals surface area (Å²) in [5.41, 5.74) is 3.47. The van der Waals surface area contributed by atoms with Gasteiger partial charge in [0, 0.05) is 12.3 Å². The van der Waals surface area contributed by atoms with E-state index in [1.807, 2.05) is 18.2 Å². The number of nitrogens with zero attached hydrogens (tertiary/aromatic N) is 2. The van der Waals surface area contributed by atoms with Crippen molar-refractivity contribution in [1.82, 2.24) is 4.98 Å². The smallest absolute Gasteiger partial charge is 0.230 e. The predicted molar refractivity (Wildman–Crippen MR) is 85.5 cm³/mol. The molecule has 21 heavy (non-hydrogen) atoms. The van der Waals surface area contributed by atoms with Crippen LogP contribution in [0.3, 0.4) is 0 Å². The number of amides is 1. The SMILES string of the molecule is CCc1cccc(CC)c1N(C(C)=O)c1nc(C=O)cs1. The standard InChI is InChI=1S/C16H18N2O2S/c1-4-12-7-6-8-13(5-2)15(12)18(11(3)20)16-17-14(9-19)10-21-16/h6-10H,4-5H2,1-3H3. The highest BCUT2D eigenvalue weighted by atomic mass is 32.1. The molecule has 4 nitrogen and oxygen atoms in total. The van der Waals surface area contributed by atoms with E-state index in [1.165, 1.54) is 18.3 Å². The van der Waals surface area contributed by atoms with Crippen LogP contribution in [0.15, 0.2) is 23.6 Å². The summed E-state index contributed by atoms with van der Waals surface area (Å²) in [6.45, 7) is 5.65. The minimum Gasteiger partial charge on any atom is -0.296 e. The monoisotopic (exact) mass is 302 g/mol. The van der Waals surface area contributed by atoms with E-state index in [0.717, 1.165) is 29.7 Å². The van der Waals surface area contributed by atoms with Gasteiger partial charge in [-0.2, -0.15) is 0 Å². The molecule has 2 aromatic rings. The van der Waals surface area contributed by atoms with Crippen LogP contribution in [0.5, 0.6) is 0 Å². The lowest BCUT2D eigenvalue weighted by Crippen LogP contribution is -2.25. The summed E-state index contributed by atoms with van der Waals surface area (Å²) in [6, 6.07) is 6.07. The maximum Gasteiger partial charge on any atom is 0.230 e. The van der Waals surface area contributed by atoms with Crippen molar-refractivity contribution in [1.29, 1.82) is 0 Å². The van der Waals surface area contributed by atoms with Crippen LogP contribution in [0.1, 0.15) is 42.4 Å². The van der Waals surface area contributed by atoms with Gasteiger partial charge in [-0.05, 0) is 24.0 Å². The molecule has 0 aliphatic carbocycles. The van der Waals surface area contributed by atoms with E-state index in [-0.39, 0.29) is 5.91 Å². The van der Waals surface area contributed by atoms with E-state index in [4.69, 9.17) is 0 Å². The number of carbonyl (C=O) groups is 2. The van der Waals surface area contributed by atoms with Crippen LogP contribution in [-0.4, -0.2) is 17.2 Å². The van der Waals surface area contributed by atoms with Crippen molar-refractivity contribution < 1.29 is 9.59 Å². The van der Waals surface area contributed by atoms with Crippen LogP contribution < -0.4 is 4.90 Å². The molecular formula is C16H18N2O2S. The Kier molecular flexibility index (Phi) is 4.85. The van der Waals surface area contributed by atoms with Gasteiger partial charge in [0.15, 0.2) is 11.4 Å².